The maximum atomic E-state index is 7.80. The van der Waals surface area contributed by atoms with Gasteiger partial charge in [0.25, 0.3) is 0 Å². The normalized spacial score (nSPS) is 16.0. The topological polar surface area (TPSA) is 9.23 Å². The standard InChI is InChI=1S/C12H18O/c1-3-8-11(4-2)13-12-9-6-5-7-10-12/h5-7,9-11H,3-4,8H2,1-2H3/t11-/m1/s1/i8D/t8-,11-. The lowest BCUT2D eigenvalue weighted by Gasteiger charge is -2.16. The van der Waals surface area contributed by atoms with Gasteiger partial charge in [-0.1, -0.05) is 38.5 Å². The Morgan fingerprint density at radius 1 is 1.31 bits per heavy atom. The van der Waals surface area contributed by atoms with E-state index >= 15 is 0 Å². The smallest absolute Gasteiger partial charge is 0.119 e. The van der Waals surface area contributed by atoms with Gasteiger partial charge in [0.05, 0.1) is 6.10 Å². The Bertz CT molecular complexity index is 248. The van der Waals surface area contributed by atoms with Crippen molar-refractivity contribution in [3.05, 3.63) is 30.3 Å². The van der Waals surface area contributed by atoms with Crippen molar-refractivity contribution in [3.63, 3.8) is 0 Å². The van der Waals surface area contributed by atoms with Crippen LogP contribution in [0.5, 0.6) is 5.75 Å². The van der Waals surface area contributed by atoms with Crippen molar-refractivity contribution in [1.29, 1.82) is 0 Å². The summed E-state index contributed by atoms with van der Waals surface area (Å²) in [6, 6.07) is 9.74. The summed E-state index contributed by atoms with van der Waals surface area (Å²) in [5.74, 6) is 0.866. The largest absolute Gasteiger partial charge is 0.490 e. The maximum Gasteiger partial charge on any atom is 0.119 e. The minimum atomic E-state index is -0.125. The Morgan fingerprint density at radius 3 is 2.54 bits per heavy atom. The van der Waals surface area contributed by atoms with Crippen LogP contribution in [0.25, 0.3) is 0 Å². The van der Waals surface area contributed by atoms with E-state index in [0.29, 0.717) is 0 Å². The van der Waals surface area contributed by atoms with Crippen molar-refractivity contribution in [2.75, 3.05) is 0 Å². The van der Waals surface area contributed by atoms with E-state index < -0.39 is 0 Å². The van der Waals surface area contributed by atoms with Gasteiger partial charge in [0.15, 0.2) is 0 Å². The van der Waals surface area contributed by atoms with Crippen LogP contribution in [0.2, 0.25) is 0 Å². The van der Waals surface area contributed by atoms with Gasteiger partial charge in [-0.05, 0) is 25.0 Å². The van der Waals surface area contributed by atoms with Crippen LogP contribution in [0.3, 0.4) is 0 Å². The fraction of sp³-hybridized carbons (Fsp3) is 0.500. The second-order valence-corrected chi connectivity index (χ2v) is 3.02. The second-order valence-electron chi connectivity index (χ2n) is 3.02. The predicted octanol–water partition coefficient (Wildman–Crippen LogP) is 3.64. The van der Waals surface area contributed by atoms with Crippen LogP contribution in [0.4, 0.5) is 0 Å². The van der Waals surface area contributed by atoms with E-state index in [9.17, 15) is 0 Å². The van der Waals surface area contributed by atoms with Gasteiger partial charge in [-0.2, -0.15) is 0 Å². The van der Waals surface area contributed by atoms with Gasteiger partial charge in [-0.15, -0.1) is 0 Å². The molecule has 0 bridgehead atoms. The van der Waals surface area contributed by atoms with E-state index in [0.717, 1.165) is 18.6 Å². The van der Waals surface area contributed by atoms with Crippen molar-refractivity contribution in [3.8, 4) is 5.75 Å². The van der Waals surface area contributed by atoms with Crippen molar-refractivity contribution in [1.82, 2.24) is 0 Å². The molecule has 0 saturated heterocycles. The molecule has 1 aromatic rings. The Hall–Kier alpha value is -0.980. The van der Waals surface area contributed by atoms with Crippen molar-refractivity contribution < 1.29 is 6.11 Å². The Balaban J connectivity index is 2.57. The van der Waals surface area contributed by atoms with Crippen LogP contribution in [0.1, 0.15) is 34.5 Å². The van der Waals surface area contributed by atoms with Crippen LogP contribution in [0, 0.1) is 0 Å². The predicted molar refractivity (Wildman–Crippen MR) is 56.1 cm³/mol. The molecule has 1 heteroatoms. The summed E-state index contributed by atoms with van der Waals surface area (Å²) < 4.78 is 13.5. The lowest BCUT2D eigenvalue weighted by Crippen LogP contribution is -2.14. The molecule has 0 radical (unpaired) electrons. The number of benzene rings is 1. The molecule has 0 N–H and O–H groups in total. The molecule has 0 aromatic heterocycles. The van der Waals surface area contributed by atoms with Crippen molar-refractivity contribution >= 4 is 0 Å². The fourth-order valence-corrected chi connectivity index (χ4v) is 1.23. The SMILES string of the molecule is [2H][C@H](CC)[C@@H](CC)Oc1ccccc1. The molecule has 0 aliphatic rings. The highest BCUT2D eigenvalue weighted by atomic mass is 16.5. The highest BCUT2D eigenvalue weighted by Gasteiger charge is 2.05. The number of hydrogen-bond acceptors (Lipinski definition) is 1. The summed E-state index contributed by atoms with van der Waals surface area (Å²) in [7, 11) is 0. The third kappa shape index (κ3) is 3.49. The van der Waals surface area contributed by atoms with E-state index in [1.54, 1.807) is 0 Å². The number of rotatable bonds is 5. The molecule has 13 heavy (non-hydrogen) atoms. The van der Waals surface area contributed by atoms with Gasteiger partial charge in [0.2, 0.25) is 0 Å². The van der Waals surface area contributed by atoms with E-state index in [-0.39, 0.29) is 12.5 Å². The summed E-state index contributed by atoms with van der Waals surface area (Å²) in [6.45, 7) is 4.08. The molecule has 1 rings (SSSR count). The number of para-hydroxylation sites is 1. The average Bonchev–Trinajstić information content (AvgIpc) is 2.26. The first-order valence-corrected chi connectivity index (χ1v) is 4.91. The quantitative estimate of drug-likeness (QED) is 0.670. The number of hydrogen-bond donors (Lipinski definition) is 0. The average molecular weight is 179 g/mol. The van der Waals surface area contributed by atoms with Gasteiger partial charge in [-0.25, -0.2) is 0 Å². The molecular formula is C12H18O. The molecule has 0 unspecified atom stereocenters. The molecule has 0 saturated carbocycles. The van der Waals surface area contributed by atoms with E-state index in [1.165, 1.54) is 0 Å². The Morgan fingerprint density at radius 2 is 2.00 bits per heavy atom. The first-order valence-electron chi connectivity index (χ1n) is 5.49. The minimum Gasteiger partial charge on any atom is -0.490 e. The van der Waals surface area contributed by atoms with Crippen LogP contribution in [0.15, 0.2) is 30.3 Å². The summed E-state index contributed by atoms with van der Waals surface area (Å²) in [4.78, 5) is 0. The Labute approximate surface area is 82.1 Å². The summed E-state index contributed by atoms with van der Waals surface area (Å²) >= 11 is 0. The van der Waals surface area contributed by atoms with E-state index in [4.69, 9.17) is 6.11 Å². The molecule has 1 nitrogen and oxygen atoms in total. The maximum absolute atomic E-state index is 7.80. The van der Waals surface area contributed by atoms with Crippen LogP contribution < -0.4 is 4.74 Å². The van der Waals surface area contributed by atoms with Gasteiger partial charge in [-0.3, -0.25) is 0 Å². The van der Waals surface area contributed by atoms with E-state index in [1.807, 2.05) is 37.3 Å². The van der Waals surface area contributed by atoms with Crippen LogP contribution in [-0.4, -0.2) is 6.10 Å². The van der Waals surface area contributed by atoms with Crippen molar-refractivity contribution in [2.24, 2.45) is 0 Å². The third-order valence-corrected chi connectivity index (χ3v) is 1.93. The fourth-order valence-electron chi connectivity index (χ4n) is 1.23. The second kappa shape index (κ2) is 5.63. The number of ether oxygens (including phenoxy) is 1. The van der Waals surface area contributed by atoms with Crippen LogP contribution in [-0.2, 0) is 0 Å². The molecule has 0 aliphatic heterocycles. The molecule has 0 heterocycles. The summed E-state index contributed by atoms with van der Waals surface area (Å²) in [6.07, 6.45) is 1.62. The van der Waals surface area contributed by atoms with Gasteiger partial charge in [0, 0.05) is 1.37 Å². The molecule has 0 fully saturated rings. The molecular weight excluding hydrogens is 160 g/mol. The molecule has 0 spiro atoms. The molecule has 0 aliphatic carbocycles. The lowest BCUT2D eigenvalue weighted by molar-refractivity contribution is 0.186. The molecule has 72 valence electrons. The van der Waals surface area contributed by atoms with E-state index in [2.05, 4.69) is 6.92 Å². The van der Waals surface area contributed by atoms with Gasteiger partial charge < -0.3 is 4.74 Å². The first-order chi connectivity index (χ1) is 6.77. The van der Waals surface area contributed by atoms with Gasteiger partial charge in [0.1, 0.15) is 5.75 Å². The summed E-state index contributed by atoms with van der Waals surface area (Å²) in [5.41, 5.74) is 0. The molecule has 2 atom stereocenters. The third-order valence-electron chi connectivity index (χ3n) is 1.93. The van der Waals surface area contributed by atoms with Crippen molar-refractivity contribution in [2.45, 2.75) is 39.2 Å². The van der Waals surface area contributed by atoms with Crippen LogP contribution >= 0.6 is 0 Å². The first kappa shape index (κ1) is 8.61. The monoisotopic (exact) mass is 179 g/mol. The molecule has 1 aromatic carbocycles. The zero-order valence-electron chi connectivity index (χ0n) is 9.36. The molecule has 0 amide bonds. The summed E-state index contributed by atoms with van der Waals surface area (Å²) in [5, 5.41) is 0. The highest BCUT2D eigenvalue weighted by Crippen LogP contribution is 2.14. The highest BCUT2D eigenvalue weighted by molar-refractivity contribution is 5.21. The zero-order chi connectivity index (χ0) is 10.4. The minimum absolute atomic E-state index is 0.0161. The lowest BCUT2D eigenvalue weighted by atomic mass is 10.1. The zero-order valence-corrected chi connectivity index (χ0v) is 8.36. The van der Waals surface area contributed by atoms with Gasteiger partial charge >= 0.3 is 0 Å². The Kier molecular flexibility index (Phi) is 3.73.